The van der Waals surface area contributed by atoms with Gasteiger partial charge in [0.25, 0.3) is 0 Å². The highest BCUT2D eigenvalue weighted by molar-refractivity contribution is 5.81. The van der Waals surface area contributed by atoms with Crippen molar-refractivity contribution in [3.63, 3.8) is 0 Å². The molecule has 0 aliphatic rings. The normalized spacial score (nSPS) is 10.3. The minimum Gasteiger partial charge on any atom is -0.299 e. The molecule has 2 aromatic rings. The molecule has 0 saturated carbocycles. The number of pyridine rings is 1. The van der Waals surface area contributed by atoms with Gasteiger partial charge < -0.3 is 0 Å². The Labute approximate surface area is 108 Å². The van der Waals surface area contributed by atoms with Gasteiger partial charge in [-0.25, -0.2) is 0 Å². The van der Waals surface area contributed by atoms with Crippen molar-refractivity contribution in [3.05, 3.63) is 65.5 Å². The molecule has 0 atom stereocenters. The van der Waals surface area contributed by atoms with E-state index in [0.29, 0.717) is 12.8 Å². The zero-order valence-electron chi connectivity index (χ0n) is 10.6. The molecule has 0 unspecified atom stereocenters. The molecule has 0 N–H and O–H groups in total. The van der Waals surface area contributed by atoms with Gasteiger partial charge in [0, 0.05) is 24.7 Å². The van der Waals surface area contributed by atoms with Crippen LogP contribution in [-0.2, 0) is 17.6 Å². The average molecular weight is 239 g/mol. The average Bonchev–Trinajstić information content (AvgIpc) is 2.40. The van der Waals surface area contributed by atoms with Crippen molar-refractivity contribution < 1.29 is 4.79 Å². The third-order valence-electron chi connectivity index (χ3n) is 3.04. The predicted molar refractivity (Wildman–Crippen MR) is 72.4 cm³/mol. The molecular weight excluding hydrogens is 222 g/mol. The molecule has 1 aromatic carbocycles. The molecule has 0 radical (unpaired) electrons. The number of rotatable bonds is 5. The summed E-state index contributed by atoms with van der Waals surface area (Å²) in [6.45, 7) is 2.04. The molecular formula is C16H17NO. The second kappa shape index (κ2) is 6.10. The standard InChI is InChI=1S/C16H17NO/c1-13-6-2-3-7-14(13)12-16(18)10-9-15-8-4-5-11-17-15/h2-8,11H,9-10,12H2,1H3. The number of ketones is 1. The highest BCUT2D eigenvalue weighted by Crippen LogP contribution is 2.10. The van der Waals surface area contributed by atoms with E-state index in [1.807, 2.05) is 49.4 Å². The third-order valence-corrected chi connectivity index (χ3v) is 3.04. The fourth-order valence-corrected chi connectivity index (χ4v) is 1.92. The highest BCUT2D eigenvalue weighted by atomic mass is 16.1. The van der Waals surface area contributed by atoms with E-state index in [2.05, 4.69) is 4.98 Å². The fourth-order valence-electron chi connectivity index (χ4n) is 1.92. The van der Waals surface area contributed by atoms with Gasteiger partial charge in [0.1, 0.15) is 5.78 Å². The smallest absolute Gasteiger partial charge is 0.137 e. The molecule has 1 aromatic heterocycles. The summed E-state index contributed by atoms with van der Waals surface area (Å²) in [5, 5.41) is 0. The predicted octanol–water partition coefficient (Wildman–Crippen LogP) is 3.13. The van der Waals surface area contributed by atoms with E-state index in [1.54, 1.807) is 6.20 Å². The summed E-state index contributed by atoms with van der Waals surface area (Å²) >= 11 is 0. The Morgan fingerprint density at radius 2 is 1.89 bits per heavy atom. The van der Waals surface area contributed by atoms with Crippen LogP contribution in [0.5, 0.6) is 0 Å². The number of aryl methyl sites for hydroxylation is 2. The lowest BCUT2D eigenvalue weighted by molar-refractivity contribution is -0.118. The monoisotopic (exact) mass is 239 g/mol. The number of benzene rings is 1. The Balaban J connectivity index is 1.88. The van der Waals surface area contributed by atoms with Crippen molar-refractivity contribution in [2.75, 3.05) is 0 Å². The van der Waals surface area contributed by atoms with Crippen LogP contribution >= 0.6 is 0 Å². The maximum atomic E-state index is 11.9. The van der Waals surface area contributed by atoms with E-state index in [-0.39, 0.29) is 5.78 Å². The fraction of sp³-hybridized carbons (Fsp3) is 0.250. The lowest BCUT2D eigenvalue weighted by Gasteiger charge is -2.04. The maximum absolute atomic E-state index is 11.9. The minimum absolute atomic E-state index is 0.273. The number of carbonyl (C=O) groups is 1. The highest BCUT2D eigenvalue weighted by Gasteiger charge is 2.06. The number of carbonyl (C=O) groups excluding carboxylic acids is 1. The van der Waals surface area contributed by atoms with Crippen molar-refractivity contribution in [2.24, 2.45) is 0 Å². The summed E-state index contributed by atoms with van der Waals surface area (Å²) in [4.78, 5) is 16.1. The summed E-state index contributed by atoms with van der Waals surface area (Å²) in [6, 6.07) is 13.8. The maximum Gasteiger partial charge on any atom is 0.137 e. The van der Waals surface area contributed by atoms with Gasteiger partial charge in [-0.2, -0.15) is 0 Å². The molecule has 0 fully saturated rings. The molecule has 0 amide bonds. The summed E-state index contributed by atoms with van der Waals surface area (Å²) in [5.74, 6) is 0.273. The topological polar surface area (TPSA) is 30.0 Å². The van der Waals surface area contributed by atoms with E-state index in [9.17, 15) is 4.79 Å². The lowest BCUT2D eigenvalue weighted by atomic mass is 10.0. The first kappa shape index (κ1) is 12.5. The SMILES string of the molecule is Cc1ccccc1CC(=O)CCc1ccccn1. The Hall–Kier alpha value is -1.96. The molecule has 2 rings (SSSR count). The number of hydrogen-bond acceptors (Lipinski definition) is 2. The van der Waals surface area contributed by atoms with Crippen molar-refractivity contribution in [1.29, 1.82) is 0 Å². The van der Waals surface area contributed by atoms with Crippen LogP contribution in [0.1, 0.15) is 23.2 Å². The van der Waals surface area contributed by atoms with Crippen LogP contribution in [-0.4, -0.2) is 10.8 Å². The summed E-state index contributed by atoms with van der Waals surface area (Å²) in [6.07, 6.45) is 3.58. The Morgan fingerprint density at radius 3 is 2.61 bits per heavy atom. The first-order valence-electron chi connectivity index (χ1n) is 6.22. The van der Waals surface area contributed by atoms with E-state index in [1.165, 1.54) is 5.56 Å². The molecule has 0 aliphatic carbocycles. The van der Waals surface area contributed by atoms with E-state index < -0.39 is 0 Å². The molecule has 0 bridgehead atoms. The largest absolute Gasteiger partial charge is 0.299 e. The van der Waals surface area contributed by atoms with Crippen LogP contribution in [0.3, 0.4) is 0 Å². The first-order valence-corrected chi connectivity index (χ1v) is 6.22. The molecule has 0 aliphatic heterocycles. The number of nitrogens with zero attached hydrogens (tertiary/aromatic N) is 1. The molecule has 18 heavy (non-hydrogen) atoms. The third kappa shape index (κ3) is 3.52. The Morgan fingerprint density at radius 1 is 1.11 bits per heavy atom. The molecule has 0 spiro atoms. The van der Waals surface area contributed by atoms with Crippen molar-refractivity contribution in [2.45, 2.75) is 26.2 Å². The summed E-state index contributed by atoms with van der Waals surface area (Å²) in [5.41, 5.74) is 3.29. The lowest BCUT2D eigenvalue weighted by Crippen LogP contribution is -2.06. The van der Waals surface area contributed by atoms with E-state index in [4.69, 9.17) is 0 Å². The van der Waals surface area contributed by atoms with Gasteiger partial charge in [0.05, 0.1) is 0 Å². The van der Waals surface area contributed by atoms with Crippen LogP contribution < -0.4 is 0 Å². The van der Waals surface area contributed by atoms with Crippen molar-refractivity contribution >= 4 is 5.78 Å². The van der Waals surface area contributed by atoms with Crippen LogP contribution in [0.15, 0.2) is 48.7 Å². The van der Waals surface area contributed by atoms with Crippen LogP contribution in [0, 0.1) is 6.92 Å². The van der Waals surface area contributed by atoms with Gasteiger partial charge in [0.15, 0.2) is 0 Å². The molecule has 2 nitrogen and oxygen atoms in total. The quantitative estimate of drug-likeness (QED) is 0.802. The first-order chi connectivity index (χ1) is 8.75. The van der Waals surface area contributed by atoms with Crippen molar-refractivity contribution in [1.82, 2.24) is 4.98 Å². The van der Waals surface area contributed by atoms with Gasteiger partial charge in [-0.3, -0.25) is 9.78 Å². The summed E-state index contributed by atoms with van der Waals surface area (Å²) < 4.78 is 0. The molecule has 92 valence electrons. The molecule has 0 saturated heterocycles. The van der Waals surface area contributed by atoms with Crippen LogP contribution in [0.4, 0.5) is 0 Å². The Kier molecular flexibility index (Phi) is 4.24. The van der Waals surface area contributed by atoms with Gasteiger partial charge in [-0.15, -0.1) is 0 Å². The number of aromatic nitrogens is 1. The van der Waals surface area contributed by atoms with E-state index in [0.717, 1.165) is 17.7 Å². The van der Waals surface area contributed by atoms with Gasteiger partial charge >= 0.3 is 0 Å². The van der Waals surface area contributed by atoms with Gasteiger partial charge in [0.2, 0.25) is 0 Å². The Bertz CT molecular complexity index is 520. The van der Waals surface area contributed by atoms with Crippen LogP contribution in [0.25, 0.3) is 0 Å². The van der Waals surface area contributed by atoms with Gasteiger partial charge in [-0.05, 0) is 36.6 Å². The minimum atomic E-state index is 0.273. The zero-order chi connectivity index (χ0) is 12.8. The number of Topliss-reactive ketones (excluding diaryl/α,β-unsaturated/α-hetero) is 1. The van der Waals surface area contributed by atoms with E-state index >= 15 is 0 Å². The van der Waals surface area contributed by atoms with Crippen LogP contribution in [0.2, 0.25) is 0 Å². The van der Waals surface area contributed by atoms with Crippen molar-refractivity contribution in [3.8, 4) is 0 Å². The molecule has 2 heteroatoms. The number of hydrogen-bond donors (Lipinski definition) is 0. The second-order valence-corrected chi connectivity index (χ2v) is 4.46. The van der Waals surface area contributed by atoms with Gasteiger partial charge in [-0.1, -0.05) is 30.3 Å². The zero-order valence-corrected chi connectivity index (χ0v) is 10.6. The summed E-state index contributed by atoms with van der Waals surface area (Å²) in [7, 11) is 0. The molecule has 1 heterocycles. The second-order valence-electron chi connectivity index (χ2n) is 4.46.